The first-order chi connectivity index (χ1) is 9.30. The van der Waals surface area contributed by atoms with Crippen LogP contribution in [0.1, 0.15) is 20.8 Å². The van der Waals surface area contributed by atoms with Crippen LogP contribution in [0.2, 0.25) is 0 Å². The monoisotopic (exact) mass is 283 g/mol. The number of carbonyl (C=O) groups is 1. The first kappa shape index (κ1) is 14.6. The van der Waals surface area contributed by atoms with Crippen LogP contribution in [0.25, 0.3) is 0 Å². The first-order valence-corrected chi connectivity index (χ1v) is 6.38. The van der Waals surface area contributed by atoms with E-state index in [1.807, 2.05) is 0 Å². The van der Waals surface area contributed by atoms with E-state index in [-0.39, 0.29) is 18.9 Å². The molecule has 1 aromatic rings. The lowest BCUT2D eigenvalue weighted by Crippen LogP contribution is -2.47. The highest BCUT2D eigenvalue weighted by Gasteiger charge is 2.32. The molecule has 0 aromatic heterocycles. The number of rotatable bonds is 1. The maximum atomic E-state index is 13.2. The van der Waals surface area contributed by atoms with Gasteiger partial charge in [0.1, 0.15) is 23.3 Å². The molecule has 5 nitrogen and oxygen atoms in total. The molecule has 1 N–H and O–H groups in total. The van der Waals surface area contributed by atoms with Crippen molar-refractivity contribution >= 4 is 11.8 Å². The van der Waals surface area contributed by atoms with Gasteiger partial charge in [-0.15, -0.1) is 0 Å². The molecule has 0 bridgehead atoms. The average molecular weight is 283 g/mol. The van der Waals surface area contributed by atoms with Gasteiger partial charge in [0.15, 0.2) is 0 Å². The Bertz CT molecular complexity index is 512. The van der Waals surface area contributed by atoms with Crippen molar-refractivity contribution in [2.75, 3.05) is 18.1 Å². The molecule has 1 aromatic carbocycles. The second kappa shape index (κ2) is 5.28. The summed E-state index contributed by atoms with van der Waals surface area (Å²) >= 11 is 0. The van der Waals surface area contributed by atoms with Gasteiger partial charge in [0.05, 0.1) is 18.8 Å². The Morgan fingerprint density at radius 2 is 2.25 bits per heavy atom. The number of benzene rings is 1. The van der Waals surface area contributed by atoms with Crippen LogP contribution in [0.3, 0.4) is 0 Å². The van der Waals surface area contributed by atoms with Gasteiger partial charge in [-0.25, -0.2) is 9.18 Å². The van der Waals surface area contributed by atoms with E-state index >= 15 is 0 Å². The zero-order valence-electron chi connectivity index (χ0n) is 11.7. The van der Waals surface area contributed by atoms with Crippen molar-refractivity contribution < 1.29 is 23.8 Å². The fourth-order valence-corrected chi connectivity index (χ4v) is 1.91. The molecule has 1 unspecified atom stereocenters. The van der Waals surface area contributed by atoms with E-state index in [0.29, 0.717) is 5.69 Å². The number of aliphatic hydroxyl groups is 1. The maximum Gasteiger partial charge on any atom is 0.415 e. The fraction of sp³-hybridized carbons (Fsp3) is 0.500. The van der Waals surface area contributed by atoms with Gasteiger partial charge in [0.25, 0.3) is 0 Å². The van der Waals surface area contributed by atoms with Crippen LogP contribution in [0.15, 0.2) is 18.2 Å². The van der Waals surface area contributed by atoms with Crippen LogP contribution >= 0.6 is 0 Å². The smallest absolute Gasteiger partial charge is 0.415 e. The van der Waals surface area contributed by atoms with Gasteiger partial charge in [0, 0.05) is 6.07 Å². The third-order valence-corrected chi connectivity index (χ3v) is 2.71. The molecule has 1 aliphatic heterocycles. The maximum absolute atomic E-state index is 13.2. The van der Waals surface area contributed by atoms with Crippen molar-refractivity contribution in [3.63, 3.8) is 0 Å². The Morgan fingerprint density at radius 3 is 2.85 bits per heavy atom. The minimum absolute atomic E-state index is 0.157. The Hall–Kier alpha value is -1.82. The van der Waals surface area contributed by atoms with Crippen LogP contribution in [-0.4, -0.2) is 36.1 Å². The SMILES string of the molecule is CC(C)(C)OC(=O)N1CC(CO)Oc2cc(F)ccc21. The molecule has 1 amide bonds. The lowest BCUT2D eigenvalue weighted by atomic mass is 10.2. The van der Waals surface area contributed by atoms with Crippen LogP contribution in [-0.2, 0) is 4.74 Å². The summed E-state index contributed by atoms with van der Waals surface area (Å²) in [4.78, 5) is 13.5. The fourth-order valence-electron chi connectivity index (χ4n) is 1.91. The summed E-state index contributed by atoms with van der Waals surface area (Å²) < 4.78 is 24.0. The molecule has 1 atom stereocenters. The van der Waals surface area contributed by atoms with Gasteiger partial charge in [0.2, 0.25) is 0 Å². The summed E-state index contributed by atoms with van der Waals surface area (Å²) in [5, 5.41) is 9.22. The summed E-state index contributed by atoms with van der Waals surface area (Å²) in [6, 6.07) is 3.90. The number of amides is 1. The highest BCUT2D eigenvalue weighted by Crippen LogP contribution is 2.34. The molecule has 6 heteroatoms. The molecule has 0 aliphatic carbocycles. The molecule has 0 fully saturated rings. The number of halogens is 1. The zero-order chi connectivity index (χ0) is 14.9. The summed E-state index contributed by atoms with van der Waals surface area (Å²) in [6.45, 7) is 5.18. The molecule has 0 saturated heterocycles. The van der Waals surface area contributed by atoms with Crippen LogP contribution in [0.4, 0.5) is 14.9 Å². The number of carbonyl (C=O) groups excluding carboxylic acids is 1. The quantitative estimate of drug-likeness (QED) is 0.859. The second-order valence-corrected chi connectivity index (χ2v) is 5.63. The zero-order valence-corrected chi connectivity index (χ0v) is 11.7. The number of ether oxygens (including phenoxy) is 2. The van der Waals surface area contributed by atoms with Gasteiger partial charge in [-0.3, -0.25) is 4.90 Å². The van der Waals surface area contributed by atoms with E-state index in [1.165, 1.54) is 23.1 Å². The molecular weight excluding hydrogens is 265 g/mol. The molecule has 0 radical (unpaired) electrons. The number of aliphatic hydroxyl groups excluding tert-OH is 1. The van der Waals surface area contributed by atoms with E-state index in [1.54, 1.807) is 20.8 Å². The Labute approximate surface area is 116 Å². The lowest BCUT2D eigenvalue weighted by Gasteiger charge is -2.35. The highest BCUT2D eigenvalue weighted by atomic mass is 19.1. The van der Waals surface area contributed by atoms with Gasteiger partial charge in [-0.1, -0.05) is 0 Å². The molecule has 0 spiro atoms. The Morgan fingerprint density at radius 1 is 1.55 bits per heavy atom. The van der Waals surface area contributed by atoms with Crippen molar-refractivity contribution in [1.82, 2.24) is 0 Å². The van der Waals surface area contributed by atoms with Crippen LogP contribution < -0.4 is 9.64 Å². The minimum Gasteiger partial charge on any atom is -0.484 e. The summed E-state index contributed by atoms with van der Waals surface area (Å²) in [5.74, 6) is -0.243. The summed E-state index contributed by atoms with van der Waals surface area (Å²) in [7, 11) is 0. The van der Waals surface area contributed by atoms with E-state index in [4.69, 9.17) is 9.47 Å². The van der Waals surface area contributed by atoms with E-state index in [9.17, 15) is 14.3 Å². The summed E-state index contributed by atoms with van der Waals surface area (Å²) in [6.07, 6.45) is -1.15. The van der Waals surface area contributed by atoms with Crippen molar-refractivity contribution in [2.24, 2.45) is 0 Å². The number of hydrogen-bond donors (Lipinski definition) is 1. The molecule has 2 rings (SSSR count). The van der Waals surface area contributed by atoms with Crippen molar-refractivity contribution in [3.05, 3.63) is 24.0 Å². The Kier molecular flexibility index (Phi) is 3.85. The molecule has 1 aliphatic rings. The number of hydrogen-bond acceptors (Lipinski definition) is 4. The molecular formula is C14H18FNO4. The van der Waals surface area contributed by atoms with E-state index in [2.05, 4.69) is 0 Å². The van der Waals surface area contributed by atoms with E-state index in [0.717, 1.165) is 0 Å². The molecule has 0 saturated carbocycles. The largest absolute Gasteiger partial charge is 0.484 e. The van der Waals surface area contributed by atoms with Crippen molar-refractivity contribution in [1.29, 1.82) is 0 Å². The number of fused-ring (bicyclic) bond motifs is 1. The predicted molar refractivity (Wildman–Crippen MR) is 71.5 cm³/mol. The molecule has 20 heavy (non-hydrogen) atoms. The normalized spacial score (nSPS) is 18.2. The van der Waals surface area contributed by atoms with Gasteiger partial charge < -0.3 is 14.6 Å². The number of nitrogens with zero attached hydrogens (tertiary/aromatic N) is 1. The van der Waals surface area contributed by atoms with Crippen molar-refractivity contribution in [3.8, 4) is 5.75 Å². The minimum atomic E-state index is -0.635. The van der Waals surface area contributed by atoms with Gasteiger partial charge in [-0.2, -0.15) is 0 Å². The van der Waals surface area contributed by atoms with Crippen molar-refractivity contribution in [2.45, 2.75) is 32.5 Å². The van der Waals surface area contributed by atoms with Crippen LogP contribution in [0, 0.1) is 5.82 Å². The third kappa shape index (κ3) is 3.19. The molecule has 1 heterocycles. The van der Waals surface area contributed by atoms with Crippen LogP contribution in [0.5, 0.6) is 5.75 Å². The lowest BCUT2D eigenvalue weighted by molar-refractivity contribution is 0.0518. The highest BCUT2D eigenvalue weighted by molar-refractivity contribution is 5.90. The molecule has 110 valence electrons. The third-order valence-electron chi connectivity index (χ3n) is 2.71. The average Bonchev–Trinajstić information content (AvgIpc) is 2.34. The Balaban J connectivity index is 2.31. The summed E-state index contributed by atoms with van der Waals surface area (Å²) in [5.41, 5.74) is -0.199. The topological polar surface area (TPSA) is 59.0 Å². The standard InChI is InChI=1S/C14H18FNO4/c1-14(2,3)20-13(18)16-7-10(8-17)19-12-6-9(15)4-5-11(12)16/h4-6,10,17H,7-8H2,1-3H3. The predicted octanol–water partition coefficient (Wildman–Crippen LogP) is 2.32. The van der Waals surface area contributed by atoms with Gasteiger partial charge >= 0.3 is 6.09 Å². The van der Waals surface area contributed by atoms with E-state index < -0.39 is 23.6 Å². The second-order valence-electron chi connectivity index (χ2n) is 5.63. The van der Waals surface area contributed by atoms with Gasteiger partial charge in [-0.05, 0) is 32.9 Å². The number of anilines is 1. The first-order valence-electron chi connectivity index (χ1n) is 6.38.